The van der Waals surface area contributed by atoms with Crippen LogP contribution in [0.15, 0.2) is 85.6 Å². The van der Waals surface area contributed by atoms with E-state index in [-0.39, 0.29) is 85.4 Å². The number of fused-ring (bicyclic) bond motifs is 2. The van der Waals surface area contributed by atoms with Crippen molar-refractivity contribution in [3.8, 4) is 5.75 Å². The number of unbranched alkanes of at least 4 members (excludes halogenated alkanes) is 1. The van der Waals surface area contributed by atoms with Gasteiger partial charge in [0.25, 0.3) is 0 Å². The van der Waals surface area contributed by atoms with Crippen LogP contribution < -0.4 is 53.4 Å². The van der Waals surface area contributed by atoms with Crippen LogP contribution in [-0.2, 0) is 78.4 Å². The lowest BCUT2D eigenvalue weighted by atomic mass is 9.94. The monoisotopic (exact) mass is 1350 g/mol. The minimum Gasteiger partial charge on any atom is -0.497 e. The van der Waals surface area contributed by atoms with Crippen LogP contribution >= 0.6 is 25.3 Å². The van der Waals surface area contributed by atoms with Gasteiger partial charge in [0.15, 0.2) is 0 Å². The molecule has 0 radical (unpaired) electrons. The lowest BCUT2D eigenvalue weighted by Crippen LogP contribution is -2.63. The van der Waals surface area contributed by atoms with Crippen molar-refractivity contribution in [3.05, 3.63) is 120 Å². The summed E-state index contributed by atoms with van der Waals surface area (Å²) in [5.41, 5.74) is 11.9. The molecule has 4 heterocycles. The summed E-state index contributed by atoms with van der Waals surface area (Å²) in [6.07, 6.45) is 4.84. The van der Waals surface area contributed by atoms with Crippen LogP contribution in [0, 0.1) is 17.6 Å². The van der Waals surface area contributed by atoms with Crippen molar-refractivity contribution in [1.29, 1.82) is 0 Å². The number of Topliss-reactive ketones (excluding diaryl/α,β-unsaturated/α-hetero) is 1. The van der Waals surface area contributed by atoms with Gasteiger partial charge in [-0.3, -0.25) is 52.7 Å². The number of aliphatic carboxylic acids is 1. The average Bonchev–Trinajstić information content (AvgIpc) is 1.74. The maximum atomic E-state index is 15.0. The molecule has 3 aromatic heterocycles. The minimum atomic E-state index is -2.03. The number of amides is 9. The second kappa shape index (κ2) is 34.2. The fourth-order valence-electron chi connectivity index (χ4n) is 11.3. The number of ether oxygens (including phenoxy) is 1. The summed E-state index contributed by atoms with van der Waals surface area (Å²) in [4.78, 5) is 168. The highest BCUT2D eigenvalue weighted by atomic mass is 32.1. The summed E-state index contributed by atoms with van der Waals surface area (Å²) >= 11 is 8.27. The lowest BCUT2D eigenvalue weighted by Gasteiger charge is -2.37. The Kier molecular flexibility index (Phi) is 26.3. The number of primary amides is 1. The number of carboxylic acids is 1. The fourth-order valence-corrected chi connectivity index (χ4v) is 11.8. The zero-order valence-electron chi connectivity index (χ0n) is 52.6. The molecule has 0 saturated carbocycles. The van der Waals surface area contributed by atoms with E-state index in [0.29, 0.717) is 59.1 Å². The number of aromatic amines is 3. The van der Waals surface area contributed by atoms with Crippen LogP contribution in [0.25, 0.3) is 21.8 Å². The minimum absolute atomic E-state index is 0.0438. The number of halogens is 2. The lowest BCUT2D eigenvalue weighted by molar-refractivity contribution is -0.147. The van der Waals surface area contributed by atoms with Crippen molar-refractivity contribution in [1.82, 2.24) is 62.1 Å². The number of carboxylic acid groups (broad SMARTS) is 1. The summed E-state index contributed by atoms with van der Waals surface area (Å²) < 4.78 is 35.1. The Morgan fingerprint density at radius 2 is 1.24 bits per heavy atom. The summed E-state index contributed by atoms with van der Waals surface area (Å²) in [5, 5.41) is 29.0. The Labute approximate surface area is 556 Å². The van der Waals surface area contributed by atoms with E-state index in [0.717, 1.165) is 0 Å². The highest BCUT2D eigenvalue weighted by Gasteiger charge is 2.48. The molecule has 3 aromatic carbocycles. The van der Waals surface area contributed by atoms with Gasteiger partial charge in [0.2, 0.25) is 53.2 Å². The molecule has 1 fully saturated rings. The van der Waals surface area contributed by atoms with Crippen LogP contribution in [0.3, 0.4) is 0 Å². The molecular weight excluding hydrogens is 1270 g/mol. The number of benzene rings is 3. The third-order valence-electron chi connectivity index (χ3n) is 16.6. The van der Waals surface area contributed by atoms with Gasteiger partial charge in [-0.1, -0.05) is 18.6 Å². The molecule has 0 spiro atoms. The van der Waals surface area contributed by atoms with Crippen LogP contribution in [0.2, 0.25) is 0 Å². The van der Waals surface area contributed by atoms with Gasteiger partial charge >= 0.3 is 5.97 Å². The molecular formula is C64H80F2N14O13S2. The molecule has 1 aliphatic heterocycles. The van der Waals surface area contributed by atoms with E-state index in [2.05, 4.69) is 82.4 Å². The number of carbonyl (C=O) groups is 11. The molecule has 0 aliphatic carbocycles. The first-order chi connectivity index (χ1) is 45.3. The first-order valence-corrected chi connectivity index (χ1v) is 32.1. The number of thiol groups is 2. The van der Waals surface area contributed by atoms with Gasteiger partial charge in [0, 0.05) is 103 Å². The van der Waals surface area contributed by atoms with Gasteiger partial charge in [-0.2, -0.15) is 25.3 Å². The Balaban J connectivity index is 1.19. The maximum absolute atomic E-state index is 15.0. The molecule has 6 aromatic rings. The quantitative estimate of drug-likeness (QED) is 0.0196. The van der Waals surface area contributed by atoms with Crippen LogP contribution in [0.1, 0.15) is 87.6 Å². The number of aromatic nitrogens is 4. The third kappa shape index (κ3) is 19.9. The third-order valence-corrected chi connectivity index (χ3v) is 17.2. The van der Waals surface area contributed by atoms with Gasteiger partial charge in [-0.15, -0.1) is 0 Å². The SMILES string of the molecule is COc1ccc(C[C@H](NC(=O)[C@H](Cc2cnc[nH]2)NC(=O)[C@H](CC(=O)O)NC(=O)[C@H](Cc2c[nH]c3ccc(F)cc23)NC(=O)[C@H](Cc2c[nH]c3ccc(F)cc23)NC(=O)[C@@H](C)NC(=O)[C@H](CCCCN)CC(=O)CCS)C(=O)N2CCC[C@@]2(C)C(=O)N[C@@H](CS)C(N)=O)cc1. The highest BCUT2D eigenvalue weighted by Crippen LogP contribution is 2.31. The van der Waals surface area contributed by atoms with Crippen molar-refractivity contribution in [3.63, 3.8) is 0 Å². The van der Waals surface area contributed by atoms with E-state index in [9.17, 15) is 57.0 Å². The number of carbonyl (C=O) groups excluding carboxylic acids is 10. The van der Waals surface area contributed by atoms with Crippen molar-refractivity contribution >= 4 is 112 Å². The number of H-pyrrole nitrogens is 3. The van der Waals surface area contributed by atoms with E-state index in [4.69, 9.17) is 16.2 Å². The number of nitrogens with one attached hydrogen (secondary N) is 10. The second-order valence-corrected chi connectivity index (χ2v) is 24.4. The van der Waals surface area contributed by atoms with E-state index in [1.54, 1.807) is 24.3 Å². The normalized spacial score (nSPS) is 16.2. The Morgan fingerprint density at radius 3 is 1.77 bits per heavy atom. The van der Waals surface area contributed by atoms with E-state index in [1.807, 2.05) is 0 Å². The molecule has 95 heavy (non-hydrogen) atoms. The molecule has 510 valence electrons. The zero-order chi connectivity index (χ0) is 69.1. The number of methoxy groups -OCH3 is 1. The number of rotatable bonds is 36. The number of likely N-dealkylation sites (tertiary alicyclic amines) is 1. The van der Waals surface area contributed by atoms with Crippen LogP contribution in [0.4, 0.5) is 8.78 Å². The molecule has 0 unspecified atom stereocenters. The van der Waals surface area contributed by atoms with Gasteiger partial charge in [-0.05, 0) is 117 Å². The fraction of sp³-hybridized carbons (Fsp3) is 0.438. The number of ketones is 1. The standard InChI is InChI=1S/C64H80F2N14O13S2/c1-34(73-57(86)36(7-4-5-18-67)22-42(81)16-20-94)56(85)74-48(23-37-29-70-46-14-10-39(65)25-44(37)46)58(87)75-49(24-38-30-71-47-15-11-40(66)26-45(38)47)59(88)77-51(28-54(82)83)61(90)76-50(27-41-31-69-33-72-41)60(89)78-52(21-35-8-12-43(93-3)13-9-35)62(91)80-19-6-17-64(80,2)63(92)79-53(32-95)55(68)84/h8-15,25-26,29-31,33-34,36,48-53,70-71,94-95H,4-7,16-24,27-28,32,67H2,1-3H3,(H2,68,84)(H,69,72)(H,73,86)(H,74,85)(H,75,87)(H,76,90)(H,77,88)(H,78,89)(H,79,92)(H,82,83)/t34-,36-,48+,49+,50+,51+,52+,53+,64+/m1/s1. The molecule has 31 heteroatoms. The zero-order valence-corrected chi connectivity index (χ0v) is 54.3. The average molecular weight is 1360 g/mol. The number of nitrogens with two attached hydrogens (primary N) is 2. The molecule has 1 aliphatic rings. The van der Waals surface area contributed by atoms with Crippen LogP contribution in [0.5, 0.6) is 5.75 Å². The topological polar surface area (TPSA) is 417 Å². The molecule has 7 rings (SSSR count). The van der Waals surface area contributed by atoms with Gasteiger partial charge < -0.3 is 78.4 Å². The van der Waals surface area contributed by atoms with Crippen molar-refractivity contribution in [2.75, 3.05) is 31.7 Å². The first-order valence-electron chi connectivity index (χ1n) is 30.8. The number of imidazole rings is 1. The molecule has 0 bridgehead atoms. The predicted octanol–water partition coefficient (Wildman–Crippen LogP) is 1.64. The highest BCUT2D eigenvalue weighted by molar-refractivity contribution is 7.80. The molecule has 9 amide bonds. The predicted molar refractivity (Wildman–Crippen MR) is 351 cm³/mol. The molecule has 9 atom stereocenters. The molecule has 15 N–H and O–H groups in total. The summed E-state index contributed by atoms with van der Waals surface area (Å²) in [6, 6.07) is 3.05. The smallest absolute Gasteiger partial charge is 0.305 e. The van der Waals surface area contributed by atoms with Crippen molar-refractivity contribution in [2.24, 2.45) is 17.4 Å². The Bertz CT molecular complexity index is 3740. The van der Waals surface area contributed by atoms with Gasteiger partial charge in [0.1, 0.15) is 71.0 Å². The van der Waals surface area contributed by atoms with E-state index < -0.39 is 137 Å². The molecule has 1 saturated heterocycles. The Morgan fingerprint density at radius 1 is 0.684 bits per heavy atom. The number of hydrogen-bond acceptors (Lipinski definition) is 16. The van der Waals surface area contributed by atoms with Crippen molar-refractivity contribution < 1.29 is 71.4 Å². The van der Waals surface area contributed by atoms with Gasteiger partial charge in [0.05, 0.1) is 19.9 Å². The summed E-state index contributed by atoms with van der Waals surface area (Å²) in [7, 11) is 1.46. The van der Waals surface area contributed by atoms with Crippen molar-refractivity contribution in [2.45, 2.75) is 139 Å². The first kappa shape index (κ1) is 73.1. The maximum Gasteiger partial charge on any atom is 0.305 e. The second-order valence-electron chi connectivity index (χ2n) is 23.6. The van der Waals surface area contributed by atoms with E-state index in [1.165, 1.54) is 87.2 Å². The largest absolute Gasteiger partial charge is 0.497 e. The summed E-state index contributed by atoms with van der Waals surface area (Å²) in [6.45, 7) is 3.23. The number of nitrogens with zero attached hydrogens (tertiary/aromatic N) is 2. The number of hydrogen-bond donors (Lipinski definition) is 15. The van der Waals surface area contributed by atoms with Gasteiger partial charge in [-0.25, -0.2) is 13.8 Å². The van der Waals surface area contributed by atoms with Crippen LogP contribution in [-0.4, -0.2) is 174 Å². The van der Waals surface area contributed by atoms with E-state index >= 15 is 9.59 Å². The molecule has 27 nitrogen and oxygen atoms in total. The Hall–Kier alpha value is -9.36. The summed E-state index contributed by atoms with van der Waals surface area (Å²) in [5.74, 6) is -11.7.